The number of benzene rings is 1. The first kappa shape index (κ1) is 16.4. The number of hydrogen-bond donors (Lipinski definition) is 2. The molecule has 3 nitrogen and oxygen atoms in total. The summed E-state index contributed by atoms with van der Waals surface area (Å²) >= 11 is 1.82. The minimum Gasteiger partial charge on any atom is -0.375 e. The van der Waals surface area contributed by atoms with Gasteiger partial charge in [0.2, 0.25) is 0 Å². The molecule has 0 aliphatic heterocycles. The van der Waals surface area contributed by atoms with Crippen LogP contribution in [0.4, 0.5) is 4.39 Å². The molecule has 0 aliphatic carbocycles. The van der Waals surface area contributed by atoms with Gasteiger partial charge in [0.1, 0.15) is 6.67 Å². The van der Waals surface area contributed by atoms with E-state index in [-0.39, 0.29) is 6.10 Å². The van der Waals surface area contributed by atoms with Crippen LogP contribution in [0.25, 0.3) is 0 Å². The van der Waals surface area contributed by atoms with Crippen LogP contribution in [-0.2, 0) is 11.3 Å². The van der Waals surface area contributed by atoms with Crippen molar-refractivity contribution in [1.29, 1.82) is 0 Å². The maximum absolute atomic E-state index is 12.6. The average Bonchev–Trinajstić information content (AvgIpc) is 2.45. The molecule has 0 aliphatic rings. The quantitative estimate of drug-likeness (QED) is 0.683. The molecule has 0 amide bonds. The van der Waals surface area contributed by atoms with E-state index in [1.54, 1.807) is 7.11 Å². The number of halogens is 1. The first-order valence-corrected chi connectivity index (χ1v) is 7.75. The summed E-state index contributed by atoms with van der Waals surface area (Å²) in [5, 5.41) is 3.36. The van der Waals surface area contributed by atoms with E-state index in [9.17, 15) is 4.39 Å². The lowest BCUT2D eigenvalue weighted by Gasteiger charge is -2.20. The lowest BCUT2D eigenvalue weighted by molar-refractivity contribution is 0.0720. The molecule has 2 atom stereocenters. The van der Waals surface area contributed by atoms with Crippen LogP contribution >= 0.6 is 11.8 Å². The van der Waals surface area contributed by atoms with Gasteiger partial charge in [0.15, 0.2) is 0 Å². The monoisotopic (exact) mass is 286 g/mol. The first-order chi connectivity index (χ1) is 9.22. The Morgan fingerprint density at radius 3 is 2.58 bits per heavy atom. The molecule has 5 heteroatoms. The van der Waals surface area contributed by atoms with Gasteiger partial charge in [-0.15, -0.1) is 0 Å². The van der Waals surface area contributed by atoms with Gasteiger partial charge in [-0.1, -0.05) is 24.3 Å². The first-order valence-electron chi connectivity index (χ1n) is 6.35. The summed E-state index contributed by atoms with van der Waals surface area (Å²) in [6.07, 6.45) is 1.71. The lowest BCUT2D eigenvalue weighted by Crippen LogP contribution is -2.31. The van der Waals surface area contributed by atoms with Crippen LogP contribution in [0.2, 0.25) is 0 Å². The van der Waals surface area contributed by atoms with Crippen LogP contribution in [-0.4, -0.2) is 38.4 Å². The molecule has 3 N–H and O–H groups in total. The standard InChI is InChI=1S/C14H23FN2OS/c1-18-14(13(16)9-15)12-5-3-11(4-6-12)10-17-7-8-19-2/h3-6,13-14,17H,7-10,16H2,1-2H3. The van der Waals surface area contributed by atoms with E-state index in [0.717, 1.165) is 24.4 Å². The molecule has 0 fully saturated rings. The summed E-state index contributed by atoms with van der Waals surface area (Å²) in [6.45, 7) is 1.25. The molecule has 0 heterocycles. The van der Waals surface area contributed by atoms with Crippen molar-refractivity contribution in [3.05, 3.63) is 35.4 Å². The van der Waals surface area contributed by atoms with Gasteiger partial charge in [-0.25, -0.2) is 4.39 Å². The normalized spacial score (nSPS) is 14.3. The molecular weight excluding hydrogens is 263 g/mol. The fraction of sp³-hybridized carbons (Fsp3) is 0.571. The number of nitrogens with two attached hydrogens (primary N) is 1. The third kappa shape index (κ3) is 5.48. The highest BCUT2D eigenvalue weighted by atomic mass is 32.2. The number of thioether (sulfide) groups is 1. The molecule has 108 valence electrons. The highest BCUT2D eigenvalue weighted by Gasteiger charge is 2.18. The highest BCUT2D eigenvalue weighted by Crippen LogP contribution is 2.20. The van der Waals surface area contributed by atoms with Crippen molar-refractivity contribution in [3.8, 4) is 0 Å². The fourth-order valence-electron chi connectivity index (χ4n) is 1.87. The molecule has 19 heavy (non-hydrogen) atoms. The molecule has 0 aromatic heterocycles. The Morgan fingerprint density at radius 2 is 2.05 bits per heavy atom. The number of ether oxygens (including phenoxy) is 1. The topological polar surface area (TPSA) is 47.3 Å². The predicted octanol–water partition coefficient (Wildman–Crippen LogP) is 2.12. The summed E-state index contributed by atoms with van der Waals surface area (Å²) in [4.78, 5) is 0. The van der Waals surface area contributed by atoms with Crippen molar-refractivity contribution in [3.63, 3.8) is 0 Å². The van der Waals surface area contributed by atoms with Crippen LogP contribution in [0.5, 0.6) is 0 Å². The van der Waals surface area contributed by atoms with E-state index in [0.29, 0.717) is 0 Å². The van der Waals surface area contributed by atoms with Gasteiger partial charge in [0.25, 0.3) is 0 Å². The van der Waals surface area contributed by atoms with E-state index in [2.05, 4.69) is 11.6 Å². The van der Waals surface area contributed by atoms with Gasteiger partial charge in [0, 0.05) is 26.0 Å². The number of rotatable bonds is 9. The van der Waals surface area contributed by atoms with Gasteiger partial charge in [-0.2, -0.15) is 11.8 Å². The van der Waals surface area contributed by atoms with Crippen molar-refractivity contribution in [2.75, 3.05) is 32.3 Å². The van der Waals surface area contributed by atoms with Gasteiger partial charge in [0.05, 0.1) is 12.1 Å². The van der Waals surface area contributed by atoms with E-state index in [4.69, 9.17) is 10.5 Å². The van der Waals surface area contributed by atoms with Crippen molar-refractivity contribution in [2.45, 2.75) is 18.7 Å². The molecule has 0 saturated carbocycles. The summed E-state index contributed by atoms with van der Waals surface area (Å²) in [5.74, 6) is 1.11. The Bertz CT molecular complexity index is 348. The van der Waals surface area contributed by atoms with E-state index >= 15 is 0 Å². The predicted molar refractivity (Wildman–Crippen MR) is 80.2 cm³/mol. The van der Waals surface area contributed by atoms with Crippen LogP contribution < -0.4 is 11.1 Å². The molecule has 0 radical (unpaired) electrons. The van der Waals surface area contributed by atoms with Crippen molar-refractivity contribution in [1.82, 2.24) is 5.32 Å². The molecule has 0 spiro atoms. The van der Waals surface area contributed by atoms with E-state index in [1.807, 2.05) is 36.0 Å². The third-order valence-electron chi connectivity index (χ3n) is 2.94. The van der Waals surface area contributed by atoms with E-state index in [1.165, 1.54) is 5.56 Å². The van der Waals surface area contributed by atoms with Gasteiger partial charge < -0.3 is 15.8 Å². The maximum atomic E-state index is 12.6. The van der Waals surface area contributed by atoms with Gasteiger partial charge >= 0.3 is 0 Å². The third-order valence-corrected chi connectivity index (χ3v) is 3.55. The lowest BCUT2D eigenvalue weighted by atomic mass is 10.0. The minimum absolute atomic E-state index is 0.386. The average molecular weight is 286 g/mol. The smallest absolute Gasteiger partial charge is 0.107 e. The molecule has 0 saturated heterocycles. The number of methoxy groups -OCH3 is 1. The van der Waals surface area contributed by atoms with Gasteiger partial charge in [-0.3, -0.25) is 0 Å². The Kier molecular flexibility index (Phi) is 8.05. The molecular formula is C14H23FN2OS. The van der Waals surface area contributed by atoms with Crippen molar-refractivity contribution >= 4 is 11.8 Å². The minimum atomic E-state index is -0.615. The zero-order valence-electron chi connectivity index (χ0n) is 11.6. The van der Waals surface area contributed by atoms with E-state index < -0.39 is 12.7 Å². The van der Waals surface area contributed by atoms with Crippen molar-refractivity contribution < 1.29 is 9.13 Å². The van der Waals surface area contributed by atoms with Crippen molar-refractivity contribution in [2.24, 2.45) is 5.73 Å². The summed E-state index contributed by atoms with van der Waals surface area (Å²) in [5.41, 5.74) is 7.82. The second-order valence-corrected chi connectivity index (χ2v) is 5.37. The second kappa shape index (κ2) is 9.31. The number of hydrogen-bond acceptors (Lipinski definition) is 4. The Hall–Kier alpha value is -0.620. The molecule has 1 aromatic rings. The Morgan fingerprint density at radius 1 is 1.37 bits per heavy atom. The van der Waals surface area contributed by atoms with Gasteiger partial charge in [-0.05, 0) is 17.4 Å². The molecule has 0 bridgehead atoms. The zero-order valence-corrected chi connectivity index (χ0v) is 12.4. The largest absolute Gasteiger partial charge is 0.375 e. The zero-order chi connectivity index (χ0) is 14.1. The fourth-order valence-corrected chi connectivity index (χ4v) is 2.22. The Labute approximate surface area is 119 Å². The van der Waals surface area contributed by atoms with Crippen LogP contribution in [0.1, 0.15) is 17.2 Å². The number of nitrogens with one attached hydrogen (secondary N) is 1. The summed E-state index contributed by atoms with van der Waals surface area (Å²) < 4.78 is 17.9. The molecule has 1 aromatic carbocycles. The Balaban J connectivity index is 2.54. The molecule has 1 rings (SSSR count). The highest BCUT2D eigenvalue weighted by molar-refractivity contribution is 7.98. The molecule has 2 unspecified atom stereocenters. The summed E-state index contributed by atoms with van der Waals surface area (Å²) in [6, 6.07) is 7.34. The summed E-state index contributed by atoms with van der Waals surface area (Å²) in [7, 11) is 1.55. The van der Waals surface area contributed by atoms with Crippen LogP contribution in [0.15, 0.2) is 24.3 Å². The van der Waals surface area contributed by atoms with Crippen LogP contribution in [0, 0.1) is 0 Å². The SMILES string of the molecule is COC(c1ccc(CNCCSC)cc1)C(N)CF. The maximum Gasteiger partial charge on any atom is 0.107 e. The number of alkyl halides is 1. The second-order valence-electron chi connectivity index (χ2n) is 4.39. The van der Waals surface area contributed by atoms with Crippen LogP contribution in [0.3, 0.4) is 0 Å².